The molecule has 0 atom stereocenters. The van der Waals surface area contributed by atoms with Crippen molar-refractivity contribution in [1.29, 1.82) is 0 Å². The SMILES string of the molecule is COC(=O)c1cc2cc3cc4cc5cc6cc7cc8cc9cc%10ccccc%10cc9cc8cc7cc6cc5cc4cc3cc2c2cc3cc4cc5cc6cc7cc8cc9cc%10cc%11ccccc%11cc%10cc9cc8cc7cc6cc5cc4cc3cc12. The molecule has 0 aromatic heterocycles. The number of carbonyl (C=O) groups is 1. The van der Waals surface area contributed by atoms with E-state index in [1.54, 1.807) is 0 Å². The second kappa shape index (κ2) is 16.8. The van der Waals surface area contributed by atoms with Gasteiger partial charge in [0.25, 0.3) is 0 Å². The topological polar surface area (TPSA) is 26.3 Å². The summed E-state index contributed by atoms with van der Waals surface area (Å²) in [6.07, 6.45) is 0. The highest BCUT2D eigenvalue weighted by Crippen LogP contribution is 2.42. The van der Waals surface area contributed by atoms with Crippen molar-refractivity contribution < 1.29 is 9.53 Å². The maximum Gasteiger partial charge on any atom is 0.338 e. The Morgan fingerprint density at radius 1 is 0.186 bits per heavy atom. The van der Waals surface area contributed by atoms with E-state index in [9.17, 15) is 4.79 Å². The summed E-state index contributed by atoms with van der Waals surface area (Å²) in [6.45, 7) is 0. The first-order valence-electron chi connectivity index (χ1n) is 29.7. The highest BCUT2D eigenvalue weighted by Gasteiger charge is 2.18. The van der Waals surface area contributed by atoms with Crippen molar-refractivity contribution in [2.75, 3.05) is 7.11 Å². The Kier molecular flexibility index (Phi) is 9.02. The van der Waals surface area contributed by atoms with Crippen LogP contribution in [0.4, 0.5) is 0 Å². The van der Waals surface area contributed by atoms with Gasteiger partial charge in [-0.2, -0.15) is 0 Å². The number of methoxy groups -OCH3 is 1. The number of fused-ring (bicyclic) bond motifs is 20. The fourth-order valence-electron chi connectivity index (χ4n) is 15.1. The van der Waals surface area contributed by atoms with Crippen molar-refractivity contribution in [1.82, 2.24) is 0 Å². The van der Waals surface area contributed by atoms with E-state index < -0.39 is 0 Å². The molecule has 0 saturated heterocycles. The molecule has 2 heteroatoms. The maximum absolute atomic E-state index is 13.8. The molecule has 2 nitrogen and oxygen atoms in total. The van der Waals surface area contributed by atoms with Crippen molar-refractivity contribution >= 4 is 211 Å². The lowest BCUT2D eigenvalue weighted by atomic mass is 9.90. The van der Waals surface area contributed by atoms with Gasteiger partial charge in [-0.25, -0.2) is 4.79 Å². The molecule has 0 saturated carbocycles. The first-order valence-corrected chi connectivity index (χ1v) is 29.7. The molecule has 20 aromatic carbocycles. The van der Waals surface area contributed by atoms with Gasteiger partial charge in [0.1, 0.15) is 0 Å². The summed E-state index contributed by atoms with van der Waals surface area (Å²) in [5.74, 6) is -0.341. The molecule has 0 N–H and O–H groups in total. The standard InChI is InChI=1S/C84H46O2/c1-86-84(85)83-44-79-40-75-36-71-32-67-28-63-24-59-20-55-16-51-12-47-8-4-5-9-48(47)13-52(51)17-56(55)21-60(59)25-64(63)29-68(67)33-72(71)37-76(75)41-80(79)81-42-77-38-73-34-69-30-65-26-61-22-57-18-53-14-49-10-45-6-2-3-7-46(45)11-50(49)15-54(53)19-58(57)23-62(61)27-66(65)31-70(69)35-74(73)39-78(77)43-82(81)83/h2-44H,1H3. The first-order chi connectivity index (χ1) is 42.2. The van der Waals surface area contributed by atoms with Crippen LogP contribution in [0.1, 0.15) is 10.4 Å². The molecule has 0 spiro atoms. The van der Waals surface area contributed by atoms with Crippen LogP contribution in [0.3, 0.4) is 0 Å². The van der Waals surface area contributed by atoms with Crippen LogP contribution in [0.25, 0.3) is 205 Å². The first kappa shape index (κ1) is 46.3. The third-order valence-electron chi connectivity index (χ3n) is 19.4. The molecule has 0 radical (unpaired) electrons. The van der Waals surface area contributed by atoms with Crippen LogP contribution < -0.4 is 0 Å². The zero-order valence-electron chi connectivity index (χ0n) is 46.6. The summed E-state index contributed by atoms with van der Waals surface area (Å²) < 4.78 is 5.50. The van der Waals surface area contributed by atoms with Gasteiger partial charge in [-0.05, 0) is 417 Å². The Bertz CT molecular complexity index is 6630. The lowest BCUT2D eigenvalue weighted by molar-refractivity contribution is 0.0603. The molecular weight excluding hydrogens is 1040 g/mol. The van der Waals surface area contributed by atoms with E-state index in [4.69, 9.17) is 4.74 Å². The van der Waals surface area contributed by atoms with Gasteiger partial charge < -0.3 is 4.74 Å². The third-order valence-corrected chi connectivity index (χ3v) is 19.4. The number of hydrogen-bond donors (Lipinski definition) is 0. The fourth-order valence-corrected chi connectivity index (χ4v) is 15.1. The van der Waals surface area contributed by atoms with E-state index in [1.807, 2.05) is 6.07 Å². The summed E-state index contributed by atoms with van der Waals surface area (Å²) >= 11 is 0. The van der Waals surface area contributed by atoms with Crippen LogP contribution in [-0.4, -0.2) is 13.1 Å². The van der Waals surface area contributed by atoms with Gasteiger partial charge in [0.2, 0.25) is 0 Å². The number of hydrogen-bond acceptors (Lipinski definition) is 2. The van der Waals surface area contributed by atoms with Gasteiger partial charge in [-0.15, -0.1) is 0 Å². The second-order valence-corrected chi connectivity index (χ2v) is 24.6. The number of carbonyl (C=O) groups excluding carboxylic acids is 1. The Labute approximate surface area is 490 Å². The summed E-state index contributed by atoms with van der Waals surface area (Å²) in [4.78, 5) is 13.8. The minimum atomic E-state index is -0.341. The van der Waals surface area contributed by atoms with Gasteiger partial charge in [0.15, 0.2) is 0 Å². The summed E-state index contributed by atoms with van der Waals surface area (Å²) in [5.41, 5.74) is 0.568. The molecule has 20 aromatic rings. The Morgan fingerprint density at radius 2 is 0.349 bits per heavy atom. The second-order valence-electron chi connectivity index (χ2n) is 24.6. The van der Waals surface area contributed by atoms with Gasteiger partial charge in [-0.1, -0.05) is 48.5 Å². The molecule has 0 aliphatic rings. The van der Waals surface area contributed by atoms with Crippen molar-refractivity contribution in [2.24, 2.45) is 0 Å². The largest absolute Gasteiger partial charge is 0.465 e. The van der Waals surface area contributed by atoms with Crippen molar-refractivity contribution in [2.45, 2.75) is 0 Å². The predicted molar refractivity (Wildman–Crippen MR) is 370 cm³/mol. The van der Waals surface area contributed by atoms with Crippen LogP contribution in [0.5, 0.6) is 0 Å². The summed E-state index contributed by atoms with van der Waals surface area (Å²) in [6, 6.07) is 98.6. The van der Waals surface area contributed by atoms with Crippen LogP contribution >= 0.6 is 0 Å². The molecule has 86 heavy (non-hydrogen) atoms. The van der Waals surface area contributed by atoms with Crippen molar-refractivity contribution in [3.8, 4) is 0 Å². The number of esters is 1. The van der Waals surface area contributed by atoms with Gasteiger partial charge >= 0.3 is 5.97 Å². The zero-order valence-corrected chi connectivity index (χ0v) is 46.6. The maximum atomic E-state index is 13.8. The molecule has 0 aliphatic carbocycles. The highest BCUT2D eigenvalue weighted by atomic mass is 16.5. The molecule has 0 aliphatic heterocycles. The van der Waals surface area contributed by atoms with E-state index in [0.717, 1.165) is 48.5 Å². The van der Waals surface area contributed by atoms with Crippen LogP contribution in [0, 0.1) is 0 Å². The number of ether oxygens (including phenoxy) is 1. The van der Waals surface area contributed by atoms with E-state index in [-0.39, 0.29) is 5.97 Å². The molecule has 0 amide bonds. The van der Waals surface area contributed by atoms with Crippen molar-refractivity contribution in [3.05, 3.63) is 266 Å². The van der Waals surface area contributed by atoms with E-state index >= 15 is 0 Å². The lowest BCUT2D eigenvalue weighted by Gasteiger charge is -2.14. The van der Waals surface area contributed by atoms with E-state index in [0.29, 0.717) is 5.56 Å². The summed E-state index contributed by atoms with van der Waals surface area (Å²) in [7, 11) is 1.48. The van der Waals surface area contributed by atoms with Crippen LogP contribution in [-0.2, 0) is 4.74 Å². The smallest absolute Gasteiger partial charge is 0.338 e. The average Bonchev–Trinajstić information content (AvgIpc) is 1.29. The predicted octanol–water partition coefficient (Wildman–Crippen LogP) is 23.4. The molecule has 0 bridgehead atoms. The van der Waals surface area contributed by atoms with E-state index in [2.05, 4.69) is 255 Å². The number of rotatable bonds is 1. The fraction of sp³-hybridized carbons (Fsp3) is 0.0119. The molecule has 0 heterocycles. The highest BCUT2D eigenvalue weighted by molar-refractivity contribution is 6.24. The van der Waals surface area contributed by atoms with Crippen molar-refractivity contribution in [3.63, 3.8) is 0 Å². The molecular formula is C84H46O2. The summed E-state index contributed by atoms with van der Waals surface area (Å²) in [5, 5.41) is 45.6. The molecule has 0 unspecified atom stereocenters. The monoisotopic (exact) mass is 1090 g/mol. The van der Waals surface area contributed by atoms with Gasteiger partial charge in [-0.3, -0.25) is 0 Å². The van der Waals surface area contributed by atoms with E-state index in [1.165, 1.54) is 163 Å². The third kappa shape index (κ3) is 6.93. The van der Waals surface area contributed by atoms with Crippen LogP contribution in [0.15, 0.2) is 261 Å². The minimum Gasteiger partial charge on any atom is -0.465 e. The zero-order chi connectivity index (χ0) is 56.2. The molecule has 0 fully saturated rings. The van der Waals surface area contributed by atoms with Gasteiger partial charge in [0.05, 0.1) is 12.7 Å². The normalized spacial score (nSPS) is 12.5. The molecule has 394 valence electrons. The minimum absolute atomic E-state index is 0.341. The Morgan fingerprint density at radius 3 is 0.558 bits per heavy atom. The van der Waals surface area contributed by atoms with Crippen LogP contribution in [0.2, 0.25) is 0 Å². The quantitative estimate of drug-likeness (QED) is 0.0930. The number of benzene rings is 20. The average molecular weight is 1090 g/mol. The van der Waals surface area contributed by atoms with Gasteiger partial charge in [0, 0.05) is 0 Å². The lowest BCUT2D eigenvalue weighted by Crippen LogP contribution is -2.02. The molecule has 20 rings (SSSR count). The Balaban J connectivity index is 0.693. The Hall–Kier alpha value is -11.2.